The Morgan fingerprint density at radius 1 is 1.00 bits per heavy atom. The van der Waals surface area contributed by atoms with E-state index in [0.717, 1.165) is 26.5 Å². The zero-order valence-corrected chi connectivity index (χ0v) is 17.3. The van der Waals surface area contributed by atoms with Crippen LogP contribution >= 0.6 is 22.9 Å². The average Bonchev–Trinajstić information content (AvgIpc) is 3.06. The first kappa shape index (κ1) is 20.2. The predicted octanol–water partition coefficient (Wildman–Crippen LogP) is 3.98. The molecule has 1 fully saturated rings. The standard InChI is InChI=1S/C19H15ClF2N2O3S2/c20-17-13-3-1-2-4-16(13)28-18(17)19(25)23-7-9-24(10-8-23)29(26,27)12-5-6-14(21)15(22)11-12/h1-6,11H,7-10H2. The monoisotopic (exact) mass is 456 g/mol. The van der Waals surface area contributed by atoms with Crippen molar-refractivity contribution in [1.29, 1.82) is 0 Å². The second-order valence-electron chi connectivity index (χ2n) is 6.51. The van der Waals surface area contributed by atoms with Gasteiger partial charge in [0.2, 0.25) is 10.0 Å². The van der Waals surface area contributed by atoms with Crippen molar-refractivity contribution < 1.29 is 22.0 Å². The summed E-state index contributed by atoms with van der Waals surface area (Å²) in [5.41, 5.74) is 0. The normalized spacial score (nSPS) is 15.8. The van der Waals surface area contributed by atoms with Crippen molar-refractivity contribution in [1.82, 2.24) is 9.21 Å². The van der Waals surface area contributed by atoms with E-state index in [2.05, 4.69) is 0 Å². The van der Waals surface area contributed by atoms with Crippen LogP contribution in [0.3, 0.4) is 0 Å². The molecule has 1 aromatic heterocycles. The number of piperazine rings is 1. The molecular weight excluding hydrogens is 442 g/mol. The van der Waals surface area contributed by atoms with Crippen molar-refractivity contribution >= 4 is 49.0 Å². The van der Waals surface area contributed by atoms with Gasteiger partial charge in [-0.05, 0) is 24.3 Å². The summed E-state index contributed by atoms with van der Waals surface area (Å²) in [6, 6.07) is 9.92. The third-order valence-electron chi connectivity index (χ3n) is 4.78. The molecule has 1 aliphatic rings. The maximum Gasteiger partial charge on any atom is 0.265 e. The molecular formula is C19H15ClF2N2O3S2. The van der Waals surface area contributed by atoms with E-state index < -0.39 is 21.7 Å². The summed E-state index contributed by atoms with van der Waals surface area (Å²) < 4.78 is 54.0. The van der Waals surface area contributed by atoms with Crippen molar-refractivity contribution in [2.45, 2.75) is 4.90 Å². The van der Waals surface area contributed by atoms with Crippen LogP contribution in [0.5, 0.6) is 0 Å². The summed E-state index contributed by atoms with van der Waals surface area (Å²) >= 11 is 7.67. The maximum absolute atomic E-state index is 13.4. The Bertz CT molecular complexity index is 1210. The molecule has 29 heavy (non-hydrogen) atoms. The van der Waals surface area contributed by atoms with Crippen LogP contribution in [0, 0.1) is 11.6 Å². The number of hydrogen-bond acceptors (Lipinski definition) is 4. The highest BCUT2D eigenvalue weighted by molar-refractivity contribution is 7.89. The van der Waals surface area contributed by atoms with Gasteiger partial charge in [-0.3, -0.25) is 4.79 Å². The van der Waals surface area contributed by atoms with Crippen molar-refractivity contribution in [3.8, 4) is 0 Å². The average molecular weight is 457 g/mol. The molecule has 0 N–H and O–H groups in total. The molecule has 1 saturated heterocycles. The van der Waals surface area contributed by atoms with Gasteiger partial charge in [0.1, 0.15) is 4.88 Å². The Labute approximate surface area is 175 Å². The fourth-order valence-electron chi connectivity index (χ4n) is 3.21. The molecule has 0 saturated carbocycles. The molecule has 10 heteroatoms. The molecule has 0 atom stereocenters. The number of carbonyl (C=O) groups is 1. The van der Waals surface area contributed by atoms with E-state index in [-0.39, 0.29) is 37.0 Å². The van der Waals surface area contributed by atoms with Crippen molar-refractivity contribution in [3.05, 3.63) is 64.0 Å². The molecule has 0 aliphatic carbocycles. The van der Waals surface area contributed by atoms with E-state index in [1.165, 1.54) is 11.3 Å². The van der Waals surface area contributed by atoms with Gasteiger partial charge in [-0.1, -0.05) is 29.8 Å². The number of halogens is 3. The van der Waals surface area contributed by atoms with Crippen LogP contribution in [-0.4, -0.2) is 49.7 Å². The molecule has 5 nitrogen and oxygen atoms in total. The van der Waals surface area contributed by atoms with Crippen LogP contribution < -0.4 is 0 Å². The summed E-state index contributed by atoms with van der Waals surface area (Å²) in [5.74, 6) is -2.58. The van der Waals surface area contributed by atoms with Crippen LogP contribution in [-0.2, 0) is 10.0 Å². The van der Waals surface area contributed by atoms with Gasteiger partial charge in [0.15, 0.2) is 11.6 Å². The largest absolute Gasteiger partial charge is 0.335 e. The van der Waals surface area contributed by atoms with Gasteiger partial charge < -0.3 is 4.90 Å². The highest BCUT2D eigenvalue weighted by Crippen LogP contribution is 2.36. The molecule has 1 aliphatic heterocycles. The predicted molar refractivity (Wildman–Crippen MR) is 108 cm³/mol. The molecule has 1 amide bonds. The minimum atomic E-state index is -3.98. The summed E-state index contributed by atoms with van der Waals surface area (Å²) in [6.07, 6.45) is 0. The lowest BCUT2D eigenvalue weighted by atomic mass is 10.2. The van der Waals surface area contributed by atoms with Gasteiger partial charge in [0, 0.05) is 36.3 Å². The molecule has 2 aromatic carbocycles. The van der Waals surface area contributed by atoms with Crippen LogP contribution in [0.25, 0.3) is 10.1 Å². The third-order valence-corrected chi connectivity index (χ3v) is 8.34. The lowest BCUT2D eigenvalue weighted by Gasteiger charge is -2.33. The maximum atomic E-state index is 13.4. The zero-order chi connectivity index (χ0) is 20.8. The SMILES string of the molecule is O=C(c1sc2ccccc2c1Cl)N1CCN(S(=O)(=O)c2ccc(F)c(F)c2)CC1. The minimum absolute atomic E-state index is 0.0512. The smallest absolute Gasteiger partial charge is 0.265 e. The summed E-state index contributed by atoms with van der Waals surface area (Å²) in [5, 5.41) is 1.20. The molecule has 0 bridgehead atoms. The van der Waals surface area contributed by atoms with E-state index in [1.807, 2.05) is 24.3 Å². The molecule has 152 valence electrons. The summed E-state index contributed by atoms with van der Waals surface area (Å²) in [7, 11) is -3.98. The summed E-state index contributed by atoms with van der Waals surface area (Å²) in [4.78, 5) is 14.5. The number of carbonyl (C=O) groups excluding carboxylic acids is 1. The second kappa shape index (κ2) is 7.64. The lowest BCUT2D eigenvalue weighted by Crippen LogP contribution is -2.50. The Balaban J connectivity index is 1.50. The Morgan fingerprint density at radius 2 is 1.69 bits per heavy atom. The van der Waals surface area contributed by atoms with E-state index in [0.29, 0.717) is 16.0 Å². The first-order valence-electron chi connectivity index (χ1n) is 8.70. The van der Waals surface area contributed by atoms with Gasteiger partial charge in [0.05, 0.1) is 9.92 Å². The van der Waals surface area contributed by atoms with Crippen LogP contribution in [0.4, 0.5) is 8.78 Å². The second-order valence-corrected chi connectivity index (χ2v) is 9.88. The highest BCUT2D eigenvalue weighted by atomic mass is 35.5. The van der Waals surface area contributed by atoms with Crippen molar-refractivity contribution in [2.24, 2.45) is 0 Å². The molecule has 0 unspecified atom stereocenters. The van der Waals surface area contributed by atoms with E-state index >= 15 is 0 Å². The Kier molecular flexibility index (Phi) is 5.32. The van der Waals surface area contributed by atoms with Crippen LogP contribution in [0.2, 0.25) is 5.02 Å². The number of rotatable bonds is 3. The van der Waals surface area contributed by atoms with Gasteiger partial charge >= 0.3 is 0 Å². The highest BCUT2D eigenvalue weighted by Gasteiger charge is 2.32. The molecule has 0 spiro atoms. The number of thiophene rings is 1. The quantitative estimate of drug-likeness (QED) is 0.599. The van der Waals surface area contributed by atoms with Crippen LogP contribution in [0.15, 0.2) is 47.4 Å². The topological polar surface area (TPSA) is 57.7 Å². The number of amides is 1. The first-order chi connectivity index (χ1) is 13.8. The Hall–Kier alpha value is -2.07. The lowest BCUT2D eigenvalue weighted by molar-refractivity contribution is 0.0703. The fraction of sp³-hybridized carbons (Fsp3) is 0.211. The molecule has 0 radical (unpaired) electrons. The van der Waals surface area contributed by atoms with E-state index in [9.17, 15) is 22.0 Å². The zero-order valence-electron chi connectivity index (χ0n) is 14.9. The van der Waals surface area contributed by atoms with E-state index in [4.69, 9.17) is 11.6 Å². The van der Waals surface area contributed by atoms with Crippen molar-refractivity contribution in [2.75, 3.05) is 26.2 Å². The first-order valence-corrected chi connectivity index (χ1v) is 11.3. The minimum Gasteiger partial charge on any atom is -0.335 e. The van der Waals surface area contributed by atoms with Gasteiger partial charge in [-0.25, -0.2) is 17.2 Å². The van der Waals surface area contributed by atoms with E-state index in [1.54, 1.807) is 4.90 Å². The third kappa shape index (κ3) is 3.63. The van der Waals surface area contributed by atoms with Crippen molar-refractivity contribution in [3.63, 3.8) is 0 Å². The number of benzene rings is 2. The van der Waals surface area contributed by atoms with Gasteiger partial charge in [-0.15, -0.1) is 11.3 Å². The number of hydrogen-bond donors (Lipinski definition) is 0. The molecule has 3 aromatic rings. The number of sulfonamides is 1. The summed E-state index contributed by atoms with van der Waals surface area (Å²) in [6.45, 7) is 0.448. The Morgan fingerprint density at radius 3 is 2.34 bits per heavy atom. The molecule has 2 heterocycles. The number of nitrogens with zero attached hydrogens (tertiary/aromatic N) is 2. The van der Waals surface area contributed by atoms with Gasteiger partial charge in [-0.2, -0.15) is 4.31 Å². The number of fused-ring (bicyclic) bond motifs is 1. The van der Waals surface area contributed by atoms with Gasteiger partial charge in [0.25, 0.3) is 5.91 Å². The molecule has 4 rings (SSSR count). The van der Waals surface area contributed by atoms with Crippen LogP contribution in [0.1, 0.15) is 9.67 Å². The fourth-order valence-corrected chi connectivity index (χ4v) is 6.13.